The number of methoxy groups -OCH3 is 1. The number of carbonyl (C=O) groups is 1. The molecule has 0 saturated carbocycles. The van der Waals surface area contributed by atoms with Gasteiger partial charge in [-0.1, -0.05) is 6.07 Å². The molecule has 1 heterocycles. The third kappa shape index (κ3) is 3.42. The average Bonchev–Trinajstić information content (AvgIpc) is 2.76. The first kappa shape index (κ1) is 15.9. The minimum absolute atomic E-state index is 0.173. The van der Waals surface area contributed by atoms with Crippen molar-refractivity contribution in [2.45, 2.75) is 18.2 Å². The molecule has 0 aromatic heterocycles. The fraction of sp³-hybridized carbons (Fsp3) is 0.500. The van der Waals surface area contributed by atoms with Gasteiger partial charge < -0.3 is 10.1 Å². The lowest BCUT2D eigenvalue weighted by molar-refractivity contribution is 0.0600. The number of hydrogen-bond donors (Lipinski definition) is 1. The molecular formula is C14H20N2O4S. The van der Waals surface area contributed by atoms with Crippen LogP contribution in [0.3, 0.4) is 0 Å². The van der Waals surface area contributed by atoms with E-state index in [1.54, 1.807) is 19.1 Å². The smallest absolute Gasteiger partial charge is 0.337 e. The van der Waals surface area contributed by atoms with Crippen LogP contribution in [-0.4, -0.2) is 52.0 Å². The molecule has 1 aliphatic heterocycles. The van der Waals surface area contributed by atoms with E-state index in [9.17, 15) is 13.2 Å². The van der Waals surface area contributed by atoms with Crippen molar-refractivity contribution >= 4 is 16.0 Å². The number of rotatable bonds is 3. The van der Waals surface area contributed by atoms with Crippen LogP contribution in [0.4, 0.5) is 0 Å². The molecule has 0 aliphatic carbocycles. The van der Waals surface area contributed by atoms with E-state index in [4.69, 9.17) is 0 Å². The second-order valence-corrected chi connectivity index (χ2v) is 6.89. The molecule has 0 amide bonds. The zero-order chi connectivity index (χ0) is 15.5. The molecule has 0 bridgehead atoms. The summed E-state index contributed by atoms with van der Waals surface area (Å²) in [6.07, 6.45) is 0.773. The largest absolute Gasteiger partial charge is 0.465 e. The van der Waals surface area contributed by atoms with Crippen molar-refractivity contribution in [2.75, 3.05) is 33.3 Å². The van der Waals surface area contributed by atoms with Crippen LogP contribution in [0.1, 0.15) is 22.3 Å². The predicted octanol–water partition coefficient (Wildman–Crippen LogP) is 0.766. The summed E-state index contributed by atoms with van der Waals surface area (Å²) >= 11 is 0. The van der Waals surface area contributed by atoms with E-state index in [-0.39, 0.29) is 10.5 Å². The molecule has 116 valence electrons. The second kappa shape index (κ2) is 6.55. The van der Waals surface area contributed by atoms with Gasteiger partial charge in [0.25, 0.3) is 0 Å². The quantitative estimate of drug-likeness (QED) is 0.834. The van der Waals surface area contributed by atoms with Crippen LogP contribution in [-0.2, 0) is 14.8 Å². The Labute approximate surface area is 125 Å². The Kier molecular flexibility index (Phi) is 4.97. The molecule has 6 nitrogen and oxygen atoms in total. The molecule has 1 aromatic rings. The van der Waals surface area contributed by atoms with E-state index in [1.165, 1.54) is 17.5 Å². The summed E-state index contributed by atoms with van der Waals surface area (Å²) in [5.74, 6) is -0.538. The maximum absolute atomic E-state index is 12.8. The Balaban J connectivity index is 2.40. The van der Waals surface area contributed by atoms with Crippen LogP contribution in [0.25, 0.3) is 0 Å². The number of esters is 1. The number of ether oxygens (including phenoxy) is 1. The first-order valence-electron chi connectivity index (χ1n) is 6.86. The summed E-state index contributed by atoms with van der Waals surface area (Å²) in [5, 5.41) is 3.17. The first-order valence-corrected chi connectivity index (χ1v) is 8.30. The predicted molar refractivity (Wildman–Crippen MR) is 78.8 cm³/mol. The lowest BCUT2D eigenvalue weighted by atomic mass is 10.1. The summed E-state index contributed by atoms with van der Waals surface area (Å²) in [4.78, 5) is 11.8. The average molecular weight is 312 g/mol. The lowest BCUT2D eigenvalue weighted by Crippen LogP contribution is -2.34. The molecule has 1 N–H and O–H groups in total. The highest BCUT2D eigenvalue weighted by Gasteiger charge is 2.27. The van der Waals surface area contributed by atoms with Gasteiger partial charge in [0, 0.05) is 19.6 Å². The van der Waals surface area contributed by atoms with Crippen molar-refractivity contribution in [3.8, 4) is 0 Å². The Hall–Kier alpha value is -1.44. The van der Waals surface area contributed by atoms with Crippen molar-refractivity contribution in [2.24, 2.45) is 0 Å². The zero-order valence-electron chi connectivity index (χ0n) is 12.3. The molecule has 21 heavy (non-hydrogen) atoms. The molecule has 1 saturated heterocycles. The summed E-state index contributed by atoms with van der Waals surface area (Å²) in [7, 11) is -2.32. The van der Waals surface area contributed by atoms with Gasteiger partial charge in [0.15, 0.2) is 0 Å². The minimum atomic E-state index is -3.59. The zero-order valence-corrected chi connectivity index (χ0v) is 13.1. The highest BCUT2D eigenvalue weighted by Crippen LogP contribution is 2.22. The van der Waals surface area contributed by atoms with E-state index in [2.05, 4.69) is 10.1 Å². The van der Waals surface area contributed by atoms with E-state index >= 15 is 0 Å². The normalized spacial score (nSPS) is 17.2. The number of benzene rings is 1. The molecule has 2 rings (SSSR count). The summed E-state index contributed by atoms with van der Waals surface area (Å²) in [6.45, 7) is 4.09. The van der Waals surface area contributed by atoms with Gasteiger partial charge in [0.1, 0.15) is 0 Å². The van der Waals surface area contributed by atoms with E-state index < -0.39 is 16.0 Å². The number of hydrogen-bond acceptors (Lipinski definition) is 5. The maximum atomic E-state index is 12.8. The minimum Gasteiger partial charge on any atom is -0.465 e. The molecular weight excluding hydrogens is 292 g/mol. The standard InChI is InChI=1S/C14H20N2O4S/c1-11-4-5-12(14(17)20-2)10-13(11)21(18,19)16-8-3-6-15-7-9-16/h4-5,10,15H,3,6-9H2,1-2H3. The van der Waals surface area contributed by atoms with Gasteiger partial charge >= 0.3 is 5.97 Å². The van der Waals surface area contributed by atoms with Gasteiger partial charge in [-0.2, -0.15) is 4.31 Å². The van der Waals surface area contributed by atoms with Crippen molar-refractivity contribution < 1.29 is 17.9 Å². The van der Waals surface area contributed by atoms with Crippen LogP contribution < -0.4 is 5.32 Å². The van der Waals surface area contributed by atoms with Crippen LogP contribution in [0.2, 0.25) is 0 Å². The first-order chi connectivity index (χ1) is 9.96. The van der Waals surface area contributed by atoms with Crippen molar-refractivity contribution in [1.29, 1.82) is 0 Å². The van der Waals surface area contributed by atoms with Crippen molar-refractivity contribution in [3.63, 3.8) is 0 Å². The third-order valence-electron chi connectivity index (χ3n) is 3.53. The van der Waals surface area contributed by atoms with Crippen LogP contribution >= 0.6 is 0 Å². The Bertz CT molecular complexity index is 620. The summed E-state index contributed by atoms with van der Waals surface area (Å²) in [6, 6.07) is 4.61. The second-order valence-electron chi connectivity index (χ2n) is 4.98. The molecule has 1 fully saturated rings. The van der Waals surface area contributed by atoms with Gasteiger partial charge in [-0.15, -0.1) is 0 Å². The lowest BCUT2D eigenvalue weighted by Gasteiger charge is -2.21. The fourth-order valence-corrected chi connectivity index (χ4v) is 4.05. The molecule has 1 aliphatic rings. The Morgan fingerprint density at radius 2 is 2.05 bits per heavy atom. The van der Waals surface area contributed by atoms with Crippen molar-refractivity contribution in [3.05, 3.63) is 29.3 Å². The van der Waals surface area contributed by atoms with E-state index in [1.807, 2.05) is 0 Å². The molecule has 0 unspecified atom stereocenters. The Morgan fingerprint density at radius 1 is 1.29 bits per heavy atom. The molecule has 0 radical (unpaired) electrons. The van der Waals surface area contributed by atoms with Crippen LogP contribution in [0.15, 0.2) is 23.1 Å². The molecule has 0 spiro atoms. The number of nitrogens with one attached hydrogen (secondary N) is 1. The highest BCUT2D eigenvalue weighted by molar-refractivity contribution is 7.89. The Morgan fingerprint density at radius 3 is 2.76 bits per heavy atom. The van der Waals surface area contributed by atoms with Gasteiger partial charge in [-0.25, -0.2) is 13.2 Å². The summed E-state index contributed by atoms with van der Waals surface area (Å²) in [5.41, 5.74) is 0.870. The number of carbonyl (C=O) groups excluding carboxylic acids is 1. The summed E-state index contributed by atoms with van der Waals surface area (Å²) < 4.78 is 31.7. The third-order valence-corrected chi connectivity index (χ3v) is 5.57. The molecule has 1 aromatic carbocycles. The molecule has 7 heteroatoms. The number of nitrogens with zero attached hydrogens (tertiary/aromatic N) is 1. The van der Waals surface area contributed by atoms with E-state index in [0.29, 0.717) is 25.2 Å². The van der Waals surface area contributed by atoms with Crippen molar-refractivity contribution in [1.82, 2.24) is 9.62 Å². The monoisotopic (exact) mass is 312 g/mol. The van der Waals surface area contributed by atoms with E-state index in [0.717, 1.165) is 13.0 Å². The van der Waals surface area contributed by atoms with Gasteiger partial charge in [-0.05, 0) is 37.6 Å². The van der Waals surface area contributed by atoms with Gasteiger partial charge in [-0.3, -0.25) is 0 Å². The topological polar surface area (TPSA) is 75.7 Å². The molecule has 0 atom stereocenters. The van der Waals surface area contributed by atoms with Gasteiger partial charge in [0.2, 0.25) is 10.0 Å². The highest BCUT2D eigenvalue weighted by atomic mass is 32.2. The van der Waals surface area contributed by atoms with Crippen LogP contribution in [0, 0.1) is 6.92 Å². The van der Waals surface area contributed by atoms with Gasteiger partial charge in [0.05, 0.1) is 17.6 Å². The number of aryl methyl sites for hydroxylation is 1. The fourth-order valence-electron chi connectivity index (χ4n) is 2.32. The number of sulfonamides is 1. The maximum Gasteiger partial charge on any atom is 0.337 e. The van der Waals surface area contributed by atoms with Crippen LogP contribution in [0.5, 0.6) is 0 Å². The SMILES string of the molecule is COC(=O)c1ccc(C)c(S(=O)(=O)N2CCCNCC2)c1.